The first-order valence-electron chi connectivity index (χ1n) is 6.77. The number of nitrogens with two attached hydrogens (primary N) is 1. The molecular weight excluding hydrogens is 236 g/mol. The Morgan fingerprint density at radius 2 is 1.84 bits per heavy atom. The Bertz CT molecular complexity index is 539. The van der Waals surface area contributed by atoms with Crippen molar-refractivity contribution in [2.24, 2.45) is 5.73 Å². The zero-order chi connectivity index (χ0) is 13.7. The monoisotopic (exact) mass is 258 g/mol. The van der Waals surface area contributed by atoms with Gasteiger partial charge >= 0.3 is 0 Å². The summed E-state index contributed by atoms with van der Waals surface area (Å²) in [5, 5.41) is 2.50. The minimum absolute atomic E-state index is 0.573. The molecule has 2 N–H and O–H groups in total. The van der Waals surface area contributed by atoms with Crippen molar-refractivity contribution in [3.63, 3.8) is 0 Å². The molecule has 2 aromatic carbocycles. The molecule has 19 heavy (non-hydrogen) atoms. The quantitative estimate of drug-likeness (QED) is 0.810. The van der Waals surface area contributed by atoms with Crippen molar-refractivity contribution in [2.75, 3.05) is 31.7 Å². The van der Waals surface area contributed by atoms with Crippen LogP contribution in [0, 0.1) is 0 Å². The zero-order valence-corrected chi connectivity index (χ0v) is 11.7. The van der Waals surface area contributed by atoms with Crippen LogP contribution < -0.4 is 10.6 Å². The maximum Gasteiger partial charge on any atom is 0.0641 e. The van der Waals surface area contributed by atoms with Gasteiger partial charge in [0, 0.05) is 37.8 Å². The van der Waals surface area contributed by atoms with Gasteiger partial charge in [0.25, 0.3) is 0 Å². The Hall–Kier alpha value is -1.58. The number of anilines is 1. The highest BCUT2D eigenvalue weighted by Gasteiger charge is 2.08. The minimum atomic E-state index is 0.573. The van der Waals surface area contributed by atoms with Crippen molar-refractivity contribution in [3.05, 3.63) is 42.0 Å². The summed E-state index contributed by atoms with van der Waals surface area (Å²) >= 11 is 0. The van der Waals surface area contributed by atoms with Crippen molar-refractivity contribution < 1.29 is 4.74 Å². The molecule has 0 saturated carbocycles. The van der Waals surface area contributed by atoms with Crippen LogP contribution >= 0.6 is 0 Å². The average molecular weight is 258 g/mol. The van der Waals surface area contributed by atoms with Gasteiger partial charge in [-0.05, 0) is 23.9 Å². The lowest BCUT2D eigenvalue weighted by molar-refractivity contribution is 0.154. The molecule has 0 atom stereocenters. The summed E-state index contributed by atoms with van der Waals surface area (Å²) in [7, 11) is 2.10. The number of ether oxygens (including phenoxy) is 1. The third-order valence-electron chi connectivity index (χ3n) is 3.40. The Kier molecular flexibility index (Phi) is 4.77. The maximum atomic E-state index is 5.81. The van der Waals surface area contributed by atoms with Gasteiger partial charge in [-0.25, -0.2) is 0 Å². The van der Waals surface area contributed by atoms with Crippen molar-refractivity contribution in [1.29, 1.82) is 0 Å². The van der Waals surface area contributed by atoms with E-state index in [9.17, 15) is 0 Å². The van der Waals surface area contributed by atoms with E-state index in [-0.39, 0.29) is 0 Å². The molecule has 0 aromatic heterocycles. The van der Waals surface area contributed by atoms with E-state index in [1.165, 1.54) is 22.0 Å². The number of hydrogen-bond acceptors (Lipinski definition) is 3. The summed E-state index contributed by atoms with van der Waals surface area (Å²) < 4.78 is 5.42. The second-order valence-corrected chi connectivity index (χ2v) is 4.61. The highest BCUT2D eigenvalue weighted by molar-refractivity contribution is 5.96. The van der Waals surface area contributed by atoms with Crippen molar-refractivity contribution in [2.45, 2.75) is 13.5 Å². The summed E-state index contributed by atoms with van der Waals surface area (Å²) in [5.41, 5.74) is 8.23. The van der Waals surface area contributed by atoms with E-state index in [2.05, 4.69) is 48.3 Å². The van der Waals surface area contributed by atoms with E-state index in [1.807, 2.05) is 6.92 Å². The van der Waals surface area contributed by atoms with Gasteiger partial charge in [-0.3, -0.25) is 0 Å². The van der Waals surface area contributed by atoms with E-state index in [4.69, 9.17) is 10.5 Å². The molecule has 102 valence electrons. The first-order chi connectivity index (χ1) is 9.27. The number of hydrogen-bond donors (Lipinski definition) is 1. The first-order valence-corrected chi connectivity index (χ1v) is 6.77. The van der Waals surface area contributed by atoms with Gasteiger partial charge in [-0.2, -0.15) is 0 Å². The van der Waals surface area contributed by atoms with Crippen LogP contribution in [0.3, 0.4) is 0 Å². The number of benzene rings is 2. The normalized spacial score (nSPS) is 10.9. The molecule has 0 aliphatic heterocycles. The average Bonchev–Trinajstić information content (AvgIpc) is 2.46. The lowest BCUT2D eigenvalue weighted by Gasteiger charge is -2.22. The van der Waals surface area contributed by atoms with Gasteiger partial charge in [0.2, 0.25) is 0 Å². The van der Waals surface area contributed by atoms with Crippen molar-refractivity contribution >= 4 is 16.5 Å². The van der Waals surface area contributed by atoms with Crippen LogP contribution in [-0.4, -0.2) is 26.8 Å². The molecule has 2 aromatic rings. The zero-order valence-electron chi connectivity index (χ0n) is 11.7. The maximum absolute atomic E-state index is 5.81. The molecule has 0 unspecified atom stereocenters. The lowest BCUT2D eigenvalue weighted by Crippen LogP contribution is -2.22. The molecule has 0 radical (unpaired) electrons. The fourth-order valence-corrected chi connectivity index (χ4v) is 2.32. The smallest absolute Gasteiger partial charge is 0.0641 e. The highest BCUT2D eigenvalue weighted by Crippen LogP contribution is 2.28. The van der Waals surface area contributed by atoms with Gasteiger partial charge in [0.1, 0.15) is 0 Å². The predicted octanol–water partition coefficient (Wildman–Crippen LogP) is 2.77. The van der Waals surface area contributed by atoms with E-state index in [0.717, 1.165) is 19.8 Å². The summed E-state index contributed by atoms with van der Waals surface area (Å²) in [6, 6.07) is 12.7. The molecule has 0 fully saturated rings. The van der Waals surface area contributed by atoms with E-state index < -0.39 is 0 Å². The topological polar surface area (TPSA) is 38.5 Å². The molecule has 3 heteroatoms. The van der Waals surface area contributed by atoms with Crippen LogP contribution in [0.1, 0.15) is 12.5 Å². The molecule has 0 aliphatic rings. The fourth-order valence-electron chi connectivity index (χ4n) is 2.32. The van der Waals surface area contributed by atoms with E-state index >= 15 is 0 Å². The SMILES string of the molecule is CCOCCN(C)c1ccc(CN)c2ccccc12. The Morgan fingerprint density at radius 1 is 1.11 bits per heavy atom. The molecule has 3 nitrogen and oxygen atoms in total. The van der Waals surface area contributed by atoms with Crippen LogP contribution in [0.2, 0.25) is 0 Å². The van der Waals surface area contributed by atoms with Crippen LogP contribution in [0.25, 0.3) is 10.8 Å². The molecule has 0 bridgehead atoms. The largest absolute Gasteiger partial charge is 0.380 e. The first kappa shape index (κ1) is 13.8. The fraction of sp³-hybridized carbons (Fsp3) is 0.375. The van der Waals surface area contributed by atoms with Crippen LogP contribution in [0.5, 0.6) is 0 Å². The number of rotatable bonds is 6. The molecule has 0 heterocycles. The predicted molar refractivity (Wildman–Crippen MR) is 81.6 cm³/mol. The van der Waals surface area contributed by atoms with E-state index in [0.29, 0.717) is 6.54 Å². The number of likely N-dealkylation sites (N-methyl/N-ethyl adjacent to an activating group) is 1. The third-order valence-corrected chi connectivity index (χ3v) is 3.40. The third kappa shape index (κ3) is 3.06. The molecule has 0 saturated heterocycles. The van der Waals surface area contributed by atoms with E-state index in [1.54, 1.807) is 0 Å². The number of fused-ring (bicyclic) bond motifs is 1. The van der Waals surface area contributed by atoms with Crippen LogP contribution in [0.15, 0.2) is 36.4 Å². The lowest BCUT2D eigenvalue weighted by atomic mass is 10.0. The van der Waals surface area contributed by atoms with Gasteiger partial charge in [-0.1, -0.05) is 30.3 Å². The minimum Gasteiger partial charge on any atom is -0.380 e. The highest BCUT2D eigenvalue weighted by atomic mass is 16.5. The summed E-state index contributed by atoms with van der Waals surface area (Å²) in [6.45, 7) is 5.00. The van der Waals surface area contributed by atoms with Crippen LogP contribution in [0.4, 0.5) is 5.69 Å². The number of nitrogens with zero attached hydrogens (tertiary/aromatic N) is 1. The molecule has 0 aliphatic carbocycles. The Labute approximate surface area is 115 Å². The molecule has 0 amide bonds. The summed E-state index contributed by atoms with van der Waals surface area (Å²) in [6.07, 6.45) is 0. The van der Waals surface area contributed by atoms with Gasteiger partial charge in [-0.15, -0.1) is 0 Å². The van der Waals surface area contributed by atoms with Gasteiger partial charge < -0.3 is 15.4 Å². The van der Waals surface area contributed by atoms with Gasteiger partial charge in [0.15, 0.2) is 0 Å². The summed E-state index contributed by atoms with van der Waals surface area (Å²) in [5.74, 6) is 0. The van der Waals surface area contributed by atoms with Crippen molar-refractivity contribution in [3.8, 4) is 0 Å². The standard InChI is InChI=1S/C16H22N2O/c1-3-19-11-10-18(2)16-9-8-13(12-17)14-6-4-5-7-15(14)16/h4-9H,3,10-12,17H2,1-2H3. The van der Waals surface area contributed by atoms with Crippen molar-refractivity contribution in [1.82, 2.24) is 0 Å². The Balaban J connectivity index is 2.33. The second kappa shape index (κ2) is 6.55. The van der Waals surface area contributed by atoms with Gasteiger partial charge in [0.05, 0.1) is 6.61 Å². The second-order valence-electron chi connectivity index (χ2n) is 4.61. The Morgan fingerprint density at radius 3 is 2.53 bits per heavy atom. The molecular formula is C16H22N2O. The van der Waals surface area contributed by atoms with Crippen LogP contribution in [-0.2, 0) is 11.3 Å². The molecule has 2 rings (SSSR count). The summed E-state index contributed by atoms with van der Waals surface area (Å²) in [4.78, 5) is 2.23. The molecule has 0 spiro atoms.